The lowest BCUT2D eigenvalue weighted by Gasteiger charge is -2.33. The van der Waals surface area contributed by atoms with Crippen LogP contribution in [0.3, 0.4) is 0 Å². The molecular formula is C14H20ClN3. The Labute approximate surface area is 114 Å². The van der Waals surface area contributed by atoms with E-state index in [1.165, 1.54) is 32.1 Å². The lowest BCUT2D eigenvalue weighted by atomic mass is 9.85. The summed E-state index contributed by atoms with van der Waals surface area (Å²) in [6.07, 6.45) is 6.76. The molecule has 0 N–H and O–H groups in total. The van der Waals surface area contributed by atoms with Crippen molar-refractivity contribution in [3.63, 3.8) is 0 Å². The molecule has 2 heterocycles. The zero-order valence-electron chi connectivity index (χ0n) is 11.1. The maximum absolute atomic E-state index is 6.19. The predicted molar refractivity (Wildman–Crippen MR) is 74.2 cm³/mol. The zero-order valence-corrected chi connectivity index (χ0v) is 11.9. The molecule has 1 saturated heterocycles. The van der Waals surface area contributed by atoms with Gasteiger partial charge in [-0.2, -0.15) is 0 Å². The van der Waals surface area contributed by atoms with Crippen LogP contribution in [0, 0.1) is 19.8 Å². The van der Waals surface area contributed by atoms with Crippen molar-refractivity contribution < 1.29 is 0 Å². The molecule has 2 fully saturated rings. The SMILES string of the molecule is Cc1nc(Cl)c(C)c(N2CCC3CCCCC32)n1. The Kier molecular flexibility index (Phi) is 3.18. The van der Waals surface area contributed by atoms with Crippen LogP contribution >= 0.6 is 11.6 Å². The molecule has 0 spiro atoms. The number of hydrogen-bond donors (Lipinski definition) is 0. The van der Waals surface area contributed by atoms with E-state index < -0.39 is 0 Å². The van der Waals surface area contributed by atoms with Crippen molar-refractivity contribution in [3.05, 3.63) is 16.5 Å². The summed E-state index contributed by atoms with van der Waals surface area (Å²) in [5.41, 5.74) is 1.04. The highest BCUT2D eigenvalue weighted by atomic mass is 35.5. The number of anilines is 1. The number of rotatable bonds is 1. The van der Waals surface area contributed by atoms with Gasteiger partial charge in [0, 0.05) is 18.2 Å². The largest absolute Gasteiger partial charge is 0.353 e. The van der Waals surface area contributed by atoms with Crippen molar-refractivity contribution in [2.45, 2.75) is 52.0 Å². The molecule has 1 saturated carbocycles. The van der Waals surface area contributed by atoms with Gasteiger partial charge in [0.05, 0.1) is 0 Å². The van der Waals surface area contributed by atoms with E-state index >= 15 is 0 Å². The van der Waals surface area contributed by atoms with Gasteiger partial charge in [-0.25, -0.2) is 9.97 Å². The Bertz CT molecular complexity index is 461. The number of aromatic nitrogens is 2. The van der Waals surface area contributed by atoms with Crippen LogP contribution in [0.25, 0.3) is 0 Å². The van der Waals surface area contributed by atoms with Gasteiger partial charge in [0.15, 0.2) is 0 Å². The molecule has 2 unspecified atom stereocenters. The maximum Gasteiger partial charge on any atom is 0.137 e. The topological polar surface area (TPSA) is 29.0 Å². The molecule has 3 rings (SSSR count). The van der Waals surface area contributed by atoms with Crippen molar-refractivity contribution in [1.82, 2.24) is 9.97 Å². The number of hydrogen-bond acceptors (Lipinski definition) is 3. The van der Waals surface area contributed by atoms with Crippen molar-refractivity contribution in [2.24, 2.45) is 5.92 Å². The van der Waals surface area contributed by atoms with E-state index in [2.05, 4.69) is 14.9 Å². The molecule has 18 heavy (non-hydrogen) atoms. The average Bonchev–Trinajstić information content (AvgIpc) is 2.77. The second kappa shape index (κ2) is 4.69. The lowest BCUT2D eigenvalue weighted by molar-refractivity contribution is 0.341. The van der Waals surface area contributed by atoms with Gasteiger partial charge in [-0.15, -0.1) is 0 Å². The Morgan fingerprint density at radius 1 is 1.11 bits per heavy atom. The third-order valence-corrected chi connectivity index (χ3v) is 4.82. The van der Waals surface area contributed by atoms with Crippen LogP contribution in [-0.2, 0) is 0 Å². The minimum atomic E-state index is 0.608. The molecule has 1 aliphatic carbocycles. The molecule has 2 atom stereocenters. The van der Waals surface area contributed by atoms with Crippen LogP contribution in [-0.4, -0.2) is 22.6 Å². The average molecular weight is 266 g/mol. The highest BCUT2D eigenvalue weighted by Gasteiger charge is 2.37. The van der Waals surface area contributed by atoms with Crippen molar-refractivity contribution >= 4 is 17.4 Å². The van der Waals surface area contributed by atoms with E-state index in [1.54, 1.807) is 0 Å². The first-order valence-electron chi connectivity index (χ1n) is 6.94. The van der Waals surface area contributed by atoms with Crippen LogP contribution in [0.1, 0.15) is 43.5 Å². The van der Waals surface area contributed by atoms with Crippen LogP contribution in [0.5, 0.6) is 0 Å². The maximum atomic E-state index is 6.19. The Hall–Kier alpha value is -0.830. The predicted octanol–water partition coefficient (Wildman–Crippen LogP) is 3.52. The first kappa shape index (κ1) is 12.2. The van der Waals surface area contributed by atoms with Crippen molar-refractivity contribution in [1.29, 1.82) is 0 Å². The van der Waals surface area contributed by atoms with Crippen LogP contribution in [0.2, 0.25) is 5.15 Å². The Morgan fingerprint density at radius 2 is 1.89 bits per heavy atom. The van der Waals surface area contributed by atoms with Gasteiger partial charge < -0.3 is 4.90 Å². The van der Waals surface area contributed by atoms with E-state index in [4.69, 9.17) is 11.6 Å². The minimum Gasteiger partial charge on any atom is -0.353 e. The summed E-state index contributed by atoms with van der Waals surface area (Å²) in [6.45, 7) is 5.08. The summed E-state index contributed by atoms with van der Waals surface area (Å²) in [5.74, 6) is 2.72. The monoisotopic (exact) mass is 265 g/mol. The highest BCUT2D eigenvalue weighted by Crippen LogP contribution is 2.39. The second-order valence-electron chi connectivity index (χ2n) is 5.60. The van der Waals surface area contributed by atoms with Gasteiger partial charge in [-0.1, -0.05) is 24.4 Å². The van der Waals surface area contributed by atoms with Gasteiger partial charge in [-0.05, 0) is 39.0 Å². The third-order valence-electron chi connectivity index (χ3n) is 4.45. The molecule has 1 aromatic rings. The van der Waals surface area contributed by atoms with E-state index in [1.807, 2.05) is 13.8 Å². The highest BCUT2D eigenvalue weighted by molar-refractivity contribution is 6.30. The Morgan fingerprint density at radius 3 is 2.72 bits per heavy atom. The molecule has 0 aromatic carbocycles. The first-order valence-corrected chi connectivity index (χ1v) is 7.32. The molecule has 1 aliphatic heterocycles. The van der Waals surface area contributed by atoms with Gasteiger partial charge in [0.1, 0.15) is 16.8 Å². The van der Waals surface area contributed by atoms with Crippen LogP contribution in [0.4, 0.5) is 5.82 Å². The fraction of sp³-hybridized carbons (Fsp3) is 0.714. The number of halogens is 1. The first-order chi connectivity index (χ1) is 8.66. The fourth-order valence-electron chi connectivity index (χ4n) is 3.53. The summed E-state index contributed by atoms with van der Waals surface area (Å²) in [5, 5.41) is 0.608. The van der Waals surface area contributed by atoms with E-state index in [0.717, 1.165) is 29.7 Å². The zero-order chi connectivity index (χ0) is 12.7. The molecule has 4 heteroatoms. The number of fused-ring (bicyclic) bond motifs is 1. The van der Waals surface area contributed by atoms with Gasteiger partial charge in [-0.3, -0.25) is 0 Å². The number of aryl methyl sites for hydroxylation is 1. The quantitative estimate of drug-likeness (QED) is 0.728. The molecule has 0 radical (unpaired) electrons. The summed E-state index contributed by atoms with van der Waals surface area (Å²) in [7, 11) is 0. The van der Waals surface area contributed by atoms with Crippen molar-refractivity contribution in [3.8, 4) is 0 Å². The van der Waals surface area contributed by atoms with Gasteiger partial charge in [0.2, 0.25) is 0 Å². The molecule has 1 aromatic heterocycles. The third kappa shape index (κ3) is 1.99. The molecule has 98 valence electrons. The van der Waals surface area contributed by atoms with Gasteiger partial charge >= 0.3 is 0 Å². The Balaban J connectivity index is 1.95. The van der Waals surface area contributed by atoms with E-state index in [9.17, 15) is 0 Å². The van der Waals surface area contributed by atoms with Crippen molar-refractivity contribution in [2.75, 3.05) is 11.4 Å². The second-order valence-corrected chi connectivity index (χ2v) is 5.96. The molecular weight excluding hydrogens is 246 g/mol. The van der Waals surface area contributed by atoms with Crippen LogP contribution < -0.4 is 4.90 Å². The summed E-state index contributed by atoms with van der Waals surface area (Å²) in [6, 6.07) is 0.683. The van der Waals surface area contributed by atoms with E-state index in [-0.39, 0.29) is 0 Å². The number of nitrogens with zero attached hydrogens (tertiary/aromatic N) is 3. The minimum absolute atomic E-state index is 0.608. The fourth-order valence-corrected chi connectivity index (χ4v) is 3.74. The normalized spacial score (nSPS) is 27.4. The molecule has 3 nitrogen and oxygen atoms in total. The standard InChI is InChI=1S/C14H20ClN3/c1-9-13(15)16-10(2)17-14(9)18-8-7-11-5-3-4-6-12(11)18/h11-12H,3-8H2,1-2H3. The smallest absolute Gasteiger partial charge is 0.137 e. The molecule has 2 aliphatic rings. The van der Waals surface area contributed by atoms with E-state index in [0.29, 0.717) is 11.2 Å². The summed E-state index contributed by atoms with van der Waals surface area (Å²) >= 11 is 6.19. The van der Waals surface area contributed by atoms with Gasteiger partial charge in [0.25, 0.3) is 0 Å². The summed E-state index contributed by atoms with van der Waals surface area (Å²) in [4.78, 5) is 11.4. The summed E-state index contributed by atoms with van der Waals surface area (Å²) < 4.78 is 0. The molecule has 0 amide bonds. The molecule has 0 bridgehead atoms. The lowest BCUT2D eigenvalue weighted by Crippen LogP contribution is -2.36. The van der Waals surface area contributed by atoms with Crippen LogP contribution in [0.15, 0.2) is 0 Å².